The first-order valence-corrected chi connectivity index (χ1v) is 7.39. The van der Waals surface area contributed by atoms with Crippen LogP contribution in [0.4, 0.5) is 5.69 Å². The van der Waals surface area contributed by atoms with Gasteiger partial charge in [-0.25, -0.2) is 0 Å². The second kappa shape index (κ2) is 6.52. The molecule has 116 valence electrons. The van der Waals surface area contributed by atoms with Crippen LogP contribution in [0.25, 0.3) is 11.1 Å². The third-order valence-corrected chi connectivity index (χ3v) is 3.15. The minimum absolute atomic E-state index is 0.00923. The van der Waals surface area contributed by atoms with Crippen molar-refractivity contribution in [3.05, 3.63) is 54.1 Å². The predicted octanol–water partition coefficient (Wildman–Crippen LogP) is 3.55. The van der Waals surface area contributed by atoms with E-state index in [2.05, 4.69) is 79.9 Å². The highest BCUT2D eigenvalue weighted by molar-refractivity contribution is 5.74. The smallest absolute Gasteiger partial charge is 0.185 e. The predicted molar refractivity (Wildman–Crippen MR) is 94.0 cm³/mol. The Labute approximate surface area is 132 Å². The summed E-state index contributed by atoms with van der Waals surface area (Å²) >= 11 is 0. The second-order valence-corrected chi connectivity index (χ2v) is 6.42. The van der Waals surface area contributed by atoms with E-state index in [0.717, 1.165) is 11.3 Å². The standard InChI is InChI=1S/C18H24N4/c1-18(2,3)22-16-6-4-5-15(11-16)14-9-7-13(8-10-14)12-21-17(19)20/h4-11,22H,12H2,1-3H3,(H4,19,20,21). The van der Waals surface area contributed by atoms with E-state index in [4.69, 9.17) is 11.1 Å². The molecule has 0 unspecified atom stereocenters. The zero-order chi connectivity index (χ0) is 16.2. The zero-order valence-electron chi connectivity index (χ0n) is 13.4. The maximum atomic E-state index is 7.18. The molecule has 0 aliphatic heterocycles. The highest BCUT2D eigenvalue weighted by atomic mass is 15.0. The van der Waals surface area contributed by atoms with Gasteiger partial charge in [-0.05, 0) is 49.6 Å². The Morgan fingerprint density at radius 1 is 1.05 bits per heavy atom. The number of hydrogen-bond acceptors (Lipinski definition) is 2. The van der Waals surface area contributed by atoms with Crippen LogP contribution in [0, 0.1) is 5.41 Å². The van der Waals surface area contributed by atoms with Crippen molar-refractivity contribution in [2.75, 3.05) is 5.32 Å². The van der Waals surface area contributed by atoms with Crippen LogP contribution in [0.3, 0.4) is 0 Å². The lowest BCUT2D eigenvalue weighted by atomic mass is 10.0. The molecule has 2 aromatic rings. The van der Waals surface area contributed by atoms with Crippen molar-refractivity contribution in [1.29, 1.82) is 5.41 Å². The number of benzene rings is 2. The molecule has 0 amide bonds. The van der Waals surface area contributed by atoms with Crippen molar-refractivity contribution in [2.45, 2.75) is 32.9 Å². The molecule has 0 heterocycles. The maximum absolute atomic E-state index is 7.18. The van der Waals surface area contributed by atoms with E-state index in [1.165, 1.54) is 11.1 Å². The molecule has 0 radical (unpaired) electrons. The van der Waals surface area contributed by atoms with E-state index >= 15 is 0 Å². The average molecular weight is 296 g/mol. The van der Waals surface area contributed by atoms with Crippen LogP contribution < -0.4 is 16.4 Å². The lowest BCUT2D eigenvalue weighted by Gasteiger charge is -2.22. The molecule has 0 spiro atoms. The zero-order valence-corrected chi connectivity index (χ0v) is 13.4. The fourth-order valence-electron chi connectivity index (χ4n) is 2.22. The molecule has 4 nitrogen and oxygen atoms in total. The minimum atomic E-state index is -0.00923. The SMILES string of the molecule is CC(C)(C)Nc1cccc(-c2ccc(CNC(=N)N)cc2)c1. The van der Waals surface area contributed by atoms with E-state index in [9.17, 15) is 0 Å². The van der Waals surface area contributed by atoms with Crippen LogP contribution in [-0.4, -0.2) is 11.5 Å². The van der Waals surface area contributed by atoms with Gasteiger partial charge in [-0.1, -0.05) is 36.4 Å². The summed E-state index contributed by atoms with van der Waals surface area (Å²) in [5, 5.41) is 13.5. The minimum Gasteiger partial charge on any atom is -0.380 e. The molecule has 0 aliphatic carbocycles. The number of nitrogens with one attached hydrogen (secondary N) is 3. The molecular formula is C18H24N4. The summed E-state index contributed by atoms with van der Waals surface area (Å²) in [7, 11) is 0. The third-order valence-electron chi connectivity index (χ3n) is 3.15. The van der Waals surface area contributed by atoms with Crippen LogP contribution in [-0.2, 0) is 6.54 Å². The number of nitrogens with two attached hydrogens (primary N) is 1. The van der Waals surface area contributed by atoms with E-state index < -0.39 is 0 Å². The highest BCUT2D eigenvalue weighted by Gasteiger charge is 2.09. The van der Waals surface area contributed by atoms with Gasteiger partial charge >= 0.3 is 0 Å². The number of anilines is 1. The molecule has 2 rings (SSSR count). The molecule has 0 fully saturated rings. The van der Waals surface area contributed by atoms with Crippen LogP contribution in [0.5, 0.6) is 0 Å². The van der Waals surface area contributed by atoms with Gasteiger partial charge in [0.15, 0.2) is 5.96 Å². The topological polar surface area (TPSA) is 73.9 Å². The van der Waals surface area contributed by atoms with Crippen molar-refractivity contribution in [1.82, 2.24) is 5.32 Å². The lowest BCUT2D eigenvalue weighted by Crippen LogP contribution is -2.29. The third kappa shape index (κ3) is 4.81. The van der Waals surface area contributed by atoms with Gasteiger partial charge < -0.3 is 16.4 Å². The van der Waals surface area contributed by atoms with Crippen LogP contribution >= 0.6 is 0 Å². The quantitative estimate of drug-likeness (QED) is 0.515. The van der Waals surface area contributed by atoms with E-state index in [1.807, 2.05) is 0 Å². The summed E-state index contributed by atoms with van der Waals surface area (Å²) in [4.78, 5) is 0. The Hall–Kier alpha value is -2.49. The monoisotopic (exact) mass is 296 g/mol. The fraction of sp³-hybridized carbons (Fsp3) is 0.278. The molecule has 0 saturated heterocycles. The average Bonchev–Trinajstić information content (AvgIpc) is 2.44. The maximum Gasteiger partial charge on any atom is 0.185 e. The first kappa shape index (κ1) is 15.9. The van der Waals surface area contributed by atoms with Crippen LogP contribution in [0.2, 0.25) is 0 Å². The Morgan fingerprint density at radius 2 is 1.73 bits per heavy atom. The molecule has 0 saturated carbocycles. The molecule has 5 N–H and O–H groups in total. The largest absolute Gasteiger partial charge is 0.380 e. The molecule has 0 atom stereocenters. The van der Waals surface area contributed by atoms with Crippen molar-refractivity contribution in [3.8, 4) is 11.1 Å². The first-order valence-electron chi connectivity index (χ1n) is 7.39. The van der Waals surface area contributed by atoms with Crippen molar-refractivity contribution in [2.24, 2.45) is 5.73 Å². The summed E-state index contributed by atoms with van der Waals surface area (Å²) in [6.07, 6.45) is 0. The van der Waals surface area contributed by atoms with Gasteiger partial charge in [0.1, 0.15) is 0 Å². The van der Waals surface area contributed by atoms with E-state index in [1.54, 1.807) is 0 Å². The summed E-state index contributed by atoms with van der Waals surface area (Å²) in [6.45, 7) is 7.02. The summed E-state index contributed by atoms with van der Waals surface area (Å²) in [6, 6.07) is 16.7. The Kier molecular flexibility index (Phi) is 4.71. The van der Waals surface area contributed by atoms with Crippen LogP contribution in [0.15, 0.2) is 48.5 Å². The van der Waals surface area contributed by atoms with Gasteiger partial charge in [-0.3, -0.25) is 5.41 Å². The molecule has 4 heteroatoms. The molecular weight excluding hydrogens is 272 g/mol. The van der Waals surface area contributed by atoms with Crippen molar-refractivity contribution >= 4 is 11.6 Å². The molecule has 0 aromatic heterocycles. The lowest BCUT2D eigenvalue weighted by molar-refractivity contribution is 0.634. The summed E-state index contributed by atoms with van der Waals surface area (Å²) in [5.41, 5.74) is 9.91. The Bertz CT molecular complexity index is 639. The van der Waals surface area contributed by atoms with Gasteiger partial charge in [-0.2, -0.15) is 0 Å². The van der Waals surface area contributed by atoms with Crippen molar-refractivity contribution < 1.29 is 0 Å². The van der Waals surface area contributed by atoms with Gasteiger partial charge in [-0.15, -0.1) is 0 Å². The second-order valence-electron chi connectivity index (χ2n) is 6.42. The molecule has 0 bridgehead atoms. The Morgan fingerprint density at radius 3 is 2.32 bits per heavy atom. The molecule has 22 heavy (non-hydrogen) atoms. The number of hydrogen-bond donors (Lipinski definition) is 4. The van der Waals surface area contributed by atoms with Gasteiger partial charge in [0.2, 0.25) is 0 Å². The van der Waals surface area contributed by atoms with Gasteiger partial charge in [0, 0.05) is 17.8 Å². The van der Waals surface area contributed by atoms with Crippen molar-refractivity contribution in [3.63, 3.8) is 0 Å². The van der Waals surface area contributed by atoms with Gasteiger partial charge in [0.25, 0.3) is 0 Å². The fourth-order valence-corrected chi connectivity index (χ4v) is 2.22. The molecule has 2 aromatic carbocycles. The molecule has 0 aliphatic rings. The normalized spacial score (nSPS) is 11.0. The number of guanidine groups is 1. The number of rotatable bonds is 4. The van der Waals surface area contributed by atoms with Crippen LogP contribution in [0.1, 0.15) is 26.3 Å². The Balaban J connectivity index is 2.14. The first-order chi connectivity index (χ1) is 10.3. The summed E-state index contributed by atoms with van der Waals surface area (Å²) in [5.74, 6) is -0.00923. The highest BCUT2D eigenvalue weighted by Crippen LogP contribution is 2.24. The van der Waals surface area contributed by atoms with E-state index in [0.29, 0.717) is 6.54 Å². The van der Waals surface area contributed by atoms with Gasteiger partial charge in [0.05, 0.1) is 0 Å². The summed E-state index contributed by atoms with van der Waals surface area (Å²) < 4.78 is 0. The van der Waals surface area contributed by atoms with E-state index in [-0.39, 0.29) is 11.5 Å².